The van der Waals surface area contributed by atoms with Crippen LogP contribution in [0.4, 0.5) is 0 Å². The van der Waals surface area contributed by atoms with Gasteiger partial charge in [-0.05, 0) is 60.2 Å². The minimum atomic E-state index is -1.96. The molecule has 0 aliphatic carbocycles. The summed E-state index contributed by atoms with van der Waals surface area (Å²) in [6, 6.07) is 6.10. The fourth-order valence-electron chi connectivity index (χ4n) is 1.98. The van der Waals surface area contributed by atoms with Gasteiger partial charge in [-0.15, -0.1) is 5.54 Å². The molecule has 0 atom stereocenters. The van der Waals surface area contributed by atoms with E-state index in [0.717, 1.165) is 17.1 Å². The smallest absolute Gasteiger partial charge is 0.250 e. The lowest BCUT2D eigenvalue weighted by Crippen LogP contribution is -2.44. The van der Waals surface area contributed by atoms with Crippen LogP contribution in [0.1, 0.15) is 47.1 Å². The number of hydrogen-bond acceptors (Lipinski definition) is 2. The van der Waals surface area contributed by atoms with Crippen LogP contribution in [0.15, 0.2) is 18.2 Å². The van der Waals surface area contributed by atoms with Crippen LogP contribution in [-0.2, 0) is 0 Å². The highest BCUT2D eigenvalue weighted by molar-refractivity contribution is 6.83. The Morgan fingerprint density at radius 1 is 0.633 bits per heavy atom. The summed E-state index contributed by atoms with van der Waals surface area (Å²) in [5.41, 5.74) is 4.20. The molecule has 0 aromatic heterocycles. The summed E-state index contributed by atoms with van der Waals surface area (Å²) in [6.07, 6.45) is 0. The molecule has 0 bridgehead atoms. The van der Waals surface area contributed by atoms with Gasteiger partial charge in [-0.1, -0.05) is 67.1 Å². The van der Waals surface area contributed by atoms with E-state index in [1.165, 1.54) is 0 Å². The lowest BCUT2D eigenvalue weighted by atomic mass is 10.2. The highest BCUT2D eigenvalue weighted by Gasteiger charge is 2.40. The van der Waals surface area contributed by atoms with E-state index in [1.807, 2.05) is 18.2 Å². The predicted octanol–water partition coefficient (Wildman–Crippen LogP) is 7.69. The molecule has 0 aliphatic heterocycles. The van der Waals surface area contributed by atoms with Gasteiger partial charge in [-0.3, -0.25) is 0 Å². The Labute approximate surface area is 189 Å². The van der Waals surface area contributed by atoms with E-state index >= 15 is 0 Å². The van der Waals surface area contributed by atoms with Gasteiger partial charge in [0, 0.05) is 11.6 Å². The summed E-state index contributed by atoms with van der Waals surface area (Å²) in [6.45, 7) is 29.2. The molecule has 0 amide bonds. The molecule has 0 radical (unpaired) electrons. The molecular formula is C25H42O2Si3. The van der Waals surface area contributed by atoms with Crippen molar-refractivity contribution in [2.75, 3.05) is 0 Å². The molecular weight excluding hydrogens is 417 g/mol. The molecule has 1 rings (SSSR count). The van der Waals surface area contributed by atoms with Gasteiger partial charge in [-0.2, -0.15) is 0 Å². The Kier molecular flexibility index (Phi) is 7.98. The largest absolute Gasteiger partial charge is 0.543 e. The summed E-state index contributed by atoms with van der Waals surface area (Å²) in [4.78, 5) is 0. The summed E-state index contributed by atoms with van der Waals surface area (Å²) in [5.74, 6) is 11.0. The maximum Gasteiger partial charge on any atom is 0.250 e. The van der Waals surface area contributed by atoms with Crippen molar-refractivity contribution in [3.8, 4) is 34.8 Å². The first-order valence-corrected chi connectivity index (χ1v) is 20.1. The predicted molar refractivity (Wildman–Crippen MR) is 140 cm³/mol. The second-order valence-corrected chi connectivity index (χ2v) is 26.4. The SMILES string of the molecule is CC(C)(C)[Si](C)(C)Oc1cc(C#CC#C[Si](C)(C)C)cc(O[Si](C)(C)C(C)(C)C)c1. The van der Waals surface area contributed by atoms with E-state index in [1.54, 1.807) is 0 Å². The van der Waals surface area contributed by atoms with Gasteiger partial charge in [0.2, 0.25) is 16.6 Å². The van der Waals surface area contributed by atoms with Gasteiger partial charge in [-0.25, -0.2) is 0 Å². The minimum absolute atomic E-state index is 0.123. The molecule has 166 valence electrons. The summed E-state index contributed by atoms with van der Waals surface area (Å²) in [5, 5.41) is 0.246. The van der Waals surface area contributed by atoms with Crippen molar-refractivity contribution in [1.29, 1.82) is 0 Å². The van der Waals surface area contributed by atoms with Crippen LogP contribution in [0.2, 0.25) is 55.9 Å². The molecule has 2 nitrogen and oxygen atoms in total. The van der Waals surface area contributed by atoms with Crippen molar-refractivity contribution in [3.63, 3.8) is 0 Å². The van der Waals surface area contributed by atoms with Crippen molar-refractivity contribution in [3.05, 3.63) is 23.8 Å². The van der Waals surface area contributed by atoms with Crippen molar-refractivity contribution in [1.82, 2.24) is 0 Å². The van der Waals surface area contributed by atoms with Crippen LogP contribution < -0.4 is 8.85 Å². The van der Waals surface area contributed by atoms with E-state index in [4.69, 9.17) is 8.85 Å². The molecule has 0 heterocycles. The molecule has 5 heteroatoms. The van der Waals surface area contributed by atoms with Gasteiger partial charge in [0.1, 0.15) is 19.6 Å². The molecule has 0 aliphatic rings. The van der Waals surface area contributed by atoms with Crippen LogP contribution >= 0.6 is 0 Å². The van der Waals surface area contributed by atoms with Crippen molar-refractivity contribution in [2.45, 2.75) is 97.4 Å². The third-order valence-electron chi connectivity index (χ3n) is 5.95. The first-order chi connectivity index (χ1) is 13.2. The van der Waals surface area contributed by atoms with Gasteiger partial charge >= 0.3 is 0 Å². The Balaban J connectivity index is 3.41. The first-order valence-electron chi connectivity index (χ1n) is 10.8. The Morgan fingerprint density at radius 3 is 1.37 bits per heavy atom. The Bertz CT molecular complexity index is 826. The summed E-state index contributed by atoms with van der Waals surface area (Å²) < 4.78 is 13.2. The van der Waals surface area contributed by atoms with E-state index in [2.05, 4.69) is 111 Å². The van der Waals surface area contributed by atoms with Gasteiger partial charge in [0.05, 0.1) is 0 Å². The van der Waals surface area contributed by atoms with Crippen molar-refractivity contribution in [2.24, 2.45) is 0 Å². The lowest BCUT2D eigenvalue weighted by Gasteiger charge is -2.38. The summed E-state index contributed by atoms with van der Waals surface area (Å²) in [7, 11) is -5.35. The Morgan fingerprint density at radius 2 is 1.03 bits per heavy atom. The second-order valence-electron chi connectivity index (χ2n) is 12.2. The minimum Gasteiger partial charge on any atom is -0.543 e. The van der Waals surface area contributed by atoms with Crippen molar-refractivity contribution >= 4 is 24.7 Å². The van der Waals surface area contributed by atoms with E-state index in [9.17, 15) is 0 Å². The van der Waals surface area contributed by atoms with E-state index in [-0.39, 0.29) is 10.1 Å². The van der Waals surface area contributed by atoms with Crippen LogP contribution in [0, 0.1) is 23.3 Å². The molecule has 0 fully saturated rings. The molecule has 0 spiro atoms. The molecule has 1 aromatic rings. The number of hydrogen-bond donors (Lipinski definition) is 0. The first kappa shape index (κ1) is 26.6. The zero-order valence-electron chi connectivity index (χ0n) is 21.5. The quantitative estimate of drug-likeness (QED) is 0.340. The maximum atomic E-state index is 6.59. The third kappa shape index (κ3) is 8.02. The van der Waals surface area contributed by atoms with Gasteiger partial charge in [0.25, 0.3) is 0 Å². The van der Waals surface area contributed by atoms with E-state index < -0.39 is 24.7 Å². The summed E-state index contributed by atoms with van der Waals surface area (Å²) >= 11 is 0. The number of rotatable bonds is 4. The van der Waals surface area contributed by atoms with Crippen molar-refractivity contribution < 1.29 is 8.85 Å². The maximum absolute atomic E-state index is 6.59. The molecule has 30 heavy (non-hydrogen) atoms. The average Bonchev–Trinajstić information content (AvgIpc) is 2.47. The highest BCUT2D eigenvalue weighted by Crippen LogP contribution is 2.40. The lowest BCUT2D eigenvalue weighted by molar-refractivity contribution is 0.474. The van der Waals surface area contributed by atoms with Crippen LogP contribution in [-0.4, -0.2) is 24.7 Å². The highest BCUT2D eigenvalue weighted by atomic mass is 28.4. The molecule has 0 saturated carbocycles. The van der Waals surface area contributed by atoms with Crippen LogP contribution in [0.25, 0.3) is 0 Å². The van der Waals surface area contributed by atoms with Gasteiger partial charge < -0.3 is 8.85 Å². The molecule has 0 unspecified atom stereocenters. The van der Waals surface area contributed by atoms with Crippen LogP contribution in [0.3, 0.4) is 0 Å². The van der Waals surface area contributed by atoms with Gasteiger partial charge in [0.15, 0.2) is 0 Å². The normalized spacial score (nSPS) is 13.0. The standard InChI is InChI=1S/C25H42O2Si3/c1-24(2,3)29(10,11)26-22-18-21(16-14-15-17-28(7,8)9)19-23(20-22)27-30(12,13)25(4,5)6/h18-20H,1-13H3. The Hall–Kier alpha value is -1.41. The monoisotopic (exact) mass is 458 g/mol. The average molecular weight is 459 g/mol. The fourth-order valence-corrected chi connectivity index (χ4v) is 4.44. The topological polar surface area (TPSA) is 18.5 Å². The third-order valence-corrected chi connectivity index (χ3v) is 15.5. The second kappa shape index (κ2) is 8.99. The zero-order chi connectivity index (χ0) is 23.6. The molecule has 0 N–H and O–H groups in total. The van der Waals surface area contributed by atoms with Crippen LogP contribution in [0.5, 0.6) is 11.5 Å². The number of benzene rings is 1. The van der Waals surface area contributed by atoms with E-state index in [0.29, 0.717) is 0 Å². The molecule has 1 aromatic carbocycles. The molecule has 0 saturated heterocycles. The zero-order valence-corrected chi connectivity index (χ0v) is 24.5. The fraction of sp³-hybridized carbons (Fsp3) is 0.600.